The first-order valence-corrected chi connectivity index (χ1v) is 3.79. The Morgan fingerprint density at radius 1 is 1.33 bits per heavy atom. The van der Waals surface area contributed by atoms with Gasteiger partial charge in [0.05, 0.1) is 18.9 Å². The van der Waals surface area contributed by atoms with Gasteiger partial charge in [-0.2, -0.15) is 0 Å². The fourth-order valence-corrected chi connectivity index (χ4v) is 0.583. The van der Waals surface area contributed by atoms with E-state index in [-0.39, 0.29) is 5.97 Å². The zero-order chi connectivity index (χ0) is 9.78. The first-order valence-electron chi connectivity index (χ1n) is 3.79. The molecule has 0 aromatic rings. The normalized spacial score (nSPS) is 12.6. The molecular formula is C9H16O3. The van der Waals surface area contributed by atoms with Gasteiger partial charge in [0.15, 0.2) is 0 Å². The summed E-state index contributed by atoms with van der Waals surface area (Å²) in [6.45, 7) is 7.12. The third-order valence-electron chi connectivity index (χ3n) is 1.02. The molecule has 0 spiro atoms. The fourth-order valence-electron chi connectivity index (χ4n) is 0.583. The van der Waals surface area contributed by atoms with E-state index in [0.29, 0.717) is 5.57 Å². The number of esters is 1. The maximum atomic E-state index is 11.2. The fraction of sp³-hybridized carbons (Fsp3) is 0.667. The maximum absolute atomic E-state index is 11.2. The van der Waals surface area contributed by atoms with E-state index in [1.165, 1.54) is 13.4 Å². The second-order valence-corrected chi connectivity index (χ2v) is 3.54. The Kier molecular flexibility index (Phi) is 3.80. The van der Waals surface area contributed by atoms with E-state index < -0.39 is 5.60 Å². The zero-order valence-electron chi connectivity index (χ0n) is 8.30. The molecule has 3 heteroatoms. The molecular weight excluding hydrogens is 156 g/mol. The van der Waals surface area contributed by atoms with E-state index in [9.17, 15) is 4.79 Å². The summed E-state index contributed by atoms with van der Waals surface area (Å²) >= 11 is 0. The average Bonchev–Trinajstić information content (AvgIpc) is 1.84. The highest BCUT2D eigenvalue weighted by Crippen LogP contribution is 2.10. The highest BCUT2D eigenvalue weighted by molar-refractivity contribution is 5.87. The summed E-state index contributed by atoms with van der Waals surface area (Å²) in [4.78, 5) is 11.2. The van der Waals surface area contributed by atoms with Crippen LogP contribution < -0.4 is 0 Å². The third-order valence-corrected chi connectivity index (χ3v) is 1.02. The van der Waals surface area contributed by atoms with Gasteiger partial charge in [0.25, 0.3) is 0 Å². The predicted octanol–water partition coefficient (Wildman–Crippen LogP) is 1.88. The first kappa shape index (κ1) is 11.0. The molecule has 0 atom stereocenters. The molecule has 12 heavy (non-hydrogen) atoms. The minimum Gasteiger partial charge on any atom is -0.504 e. The summed E-state index contributed by atoms with van der Waals surface area (Å²) in [7, 11) is 1.49. The van der Waals surface area contributed by atoms with Gasteiger partial charge >= 0.3 is 5.97 Å². The molecule has 0 aliphatic rings. The van der Waals surface area contributed by atoms with Gasteiger partial charge in [-0.15, -0.1) is 0 Å². The van der Waals surface area contributed by atoms with Crippen molar-refractivity contribution in [3.05, 3.63) is 11.8 Å². The smallest absolute Gasteiger partial charge is 0.337 e. The molecule has 0 unspecified atom stereocenters. The number of rotatable bonds is 2. The van der Waals surface area contributed by atoms with Gasteiger partial charge in [-0.25, -0.2) is 4.79 Å². The maximum Gasteiger partial charge on any atom is 0.337 e. The predicted molar refractivity (Wildman–Crippen MR) is 46.6 cm³/mol. The summed E-state index contributed by atoms with van der Waals surface area (Å²) in [6.07, 6.45) is 1.37. The lowest BCUT2D eigenvalue weighted by Crippen LogP contribution is -2.24. The SMILES string of the molecule is COC=C(C)C(=O)OC(C)(C)C. The van der Waals surface area contributed by atoms with Crippen molar-refractivity contribution in [1.29, 1.82) is 0 Å². The lowest BCUT2D eigenvalue weighted by molar-refractivity contribution is -0.149. The van der Waals surface area contributed by atoms with E-state index in [1.54, 1.807) is 6.92 Å². The molecule has 0 aromatic carbocycles. The van der Waals surface area contributed by atoms with Crippen molar-refractivity contribution in [2.75, 3.05) is 7.11 Å². The minimum atomic E-state index is -0.445. The van der Waals surface area contributed by atoms with E-state index >= 15 is 0 Å². The largest absolute Gasteiger partial charge is 0.504 e. The summed E-state index contributed by atoms with van der Waals surface area (Å²) in [5, 5.41) is 0. The number of carbonyl (C=O) groups excluding carboxylic acids is 1. The number of hydrogen-bond donors (Lipinski definition) is 0. The summed E-state index contributed by atoms with van der Waals surface area (Å²) < 4.78 is 9.74. The molecule has 0 saturated heterocycles. The van der Waals surface area contributed by atoms with Crippen molar-refractivity contribution in [2.24, 2.45) is 0 Å². The van der Waals surface area contributed by atoms with Gasteiger partial charge < -0.3 is 9.47 Å². The Balaban J connectivity index is 4.15. The highest BCUT2D eigenvalue weighted by Gasteiger charge is 2.17. The van der Waals surface area contributed by atoms with Crippen LogP contribution in [0.25, 0.3) is 0 Å². The summed E-state index contributed by atoms with van der Waals surface area (Å²) in [6, 6.07) is 0. The van der Waals surface area contributed by atoms with Crippen LogP contribution >= 0.6 is 0 Å². The second-order valence-electron chi connectivity index (χ2n) is 3.54. The van der Waals surface area contributed by atoms with Crippen molar-refractivity contribution in [2.45, 2.75) is 33.3 Å². The van der Waals surface area contributed by atoms with E-state index in [2.05, 4.69) is 4.74 Å². The van der Waals surface area contributed by atoms with Crippen molar-refractivity contribution in [3.63, 3.8) is 0 Å². The highest BCUT2D eigenvalue weighted by atomic mass is 16.6. The number of carbonyl (C=O) groups is 1. The molecule has 0 N–H and O–H groups in total. The Hall–Kier alpha value is -0.990. The van der Waals surface area contributed by atoms with Crippen LogP contribution in [-0.2, 0) is 14.3 Å². The molecule has 3 nitrogen and oxygen atoms in total. The lowest BCUT2D eigenvalue weighted by Gasteiger charge is -2.19. The zero-order valence-corrected chi connectivity index (χ0v) is 8.30. The summed E-state index contributed by atoms with van der Waals surface area (Å²) in [5.74, 6) is -0.343. The molecule has 0 saturated carbocycles. The Morgan fingerprint density at radius 2 is 1.83 bits per heavy atom. The monoisotopic (exact) mass is 172 g/mol. The van der Waals surface area contributed by atoms with E-state index in [0.717, 1.165) is 0 Å². The number of ether oxygens (including phenoxy) is 2. The molecule has 0 aliphatic carbocycles. The Bertz CT molecular complexity index is 186. The van der Waals surface area contributed by atoms with Gasteiger partial charge in [0.1, 0.15) is 5.60 Å². The van der Waals surface area contributed by atoms with Gasteiger partial charge in [-0.1, -0.05) is 0 Å². The van der Waals surface area contributed by atoms with Crippen LogP contribution in [0.15, 0.2) is 11.8 Å². The lowest BCUT2D eigenvalue weighted by atomic mass is 10.2. The van der Waals surface area contributed by atoms with Crippen LogP contribution in [-0.4, -0.2) is 18.7 Å². The molecule has 70 valence electrons. The van der Waals surface area contributed by atoms with E-state index in [4.69, 9.17) is 4.74 Å². The number of methoxy groups -OCH3 is 1. The van der Waals surface area contributed by atoms with Crippen LogP contribution in [0, 0.1) is 0 Å². The third kappa shape index (κ3) is 4.77. The van der Waals surface area contributed by atoms with Crippen LogP contribution in [0.5, 0.6) is 0 Å². The molecule has 0 bridgehead atoms. The molecule has 0 heterocycles. The second kappa shape index (κ2) is 4.14. The van der Waals surface area contributed by atoms with Gasteiger partial charge in [-0.3, -0.25) is 0 Å². The molecule has 0 aliphatic heterocycles. The van der Waals surface area contributed by atoms with Crippen molar-refractivity contribution < 1.29 is 14.3 Å². The average molecular weight is 172 g/mol. The first-order chi connectivity index (χ1) is 5.37. The van der Waals surface area contributed by atoms with Crippen LogP contribution in [0.1, 0.15) is 27.7 Å². The minimum absolute atomic E-state index is 0.343. The van der Waals surface area contributed by atoms with E-state index in [1.807, 2.05) is 20.8 Å². The quantitative estimate of drug-likeness (QED) is 0.362. The Labute approximate surface area is 73.4 Å². The number of hydrogen-bond acceptors (Lipinski definition) is 3. The van der Waals surface area contributed by atoms with Gasteiger partial charge in [-0.05, 0) is 27.7 Å². The van der Waals surface area contributed by atoms with Crippen LogP contribution in [0.3, 0.4) is 0 Å². The topological polar surface area (TPSA) is 35.5 Å². The molecule has 0 fully saturated rings. The standard InChI is InChI=1S/C9H16O3/c1-7(6-11-5)8(10)12-9(2,3)4/h6H,1-5H3. The Morgan fingerprint density at radius 3 is 2.17 bits per heavy atom. The van der Waals surface area contributed by atoms with Gasteiger partial charge in [0, 0.05) is 0 Å². The van der Waals surface area contributed by atoms with Crippen LogP contribution in [0.2, 0.25) is 0 Å². The van der Waals surface area contributed by atoms with Gasteiger partial charge in [0.2, 0.25) is 0 Å². The van der Waals surface area contributed by atoms with Crippen molar-refractivity contribution >= 4 is 5.97 Å². The molecule has 0 aromatic heterocycles. The molecule has 0 amide bonds. The summed E-state index contributed by atoms with van der Waals surface area (Å²) in [5.41, 5.74) is 0.0207. The van der Waals surface area contributed by atoms with Crippen molar-refractivity contribution in [3.8, 4) is 0 Å². The molecule has 0 radical (unpaired) electrons. The van der Waals surface area contributed by atoms with Crippen molar-refractivity contribution in [1.82, 2.24) is 0 Å². The van der Waals surface area contributed by atoms with Crippen LogP contribution in [0.4, 0.5) is 0 Å². The molecule has 0 rings (SSSR count).